The second-order valence-corrected chi connectivity index (χ2v) is 4.25. The molecule has 1 unspecified atom stereocenters. The Kier molecular flexibility index (Phi) is 2.17. The molecule has 1 heteroatoms. The van der Waals surface area contributed by atoms with Crippen LogP contribution < -0.4 is 5.32 Å². The van der Waals surface area contributed by atoms with E-state index in [-0.39, 0.29) is 0 Å². The van der Waals surface area contributed by atoms with E-state index in [1.54, 1.807) is 0 Å². The SMILES string of the molecule is CNCC(C1CCC1)C1CC1. The molecule has 2 saturated carbocycles. The normalized spacial score (nSPS) is 28.1. The molecule has 0 bridgehead atoms. The van der Waals surface area contributed by atoms with E-state index in [1.165, 1.54) is 38.6 Å². The molecule has 0 aromatic heterocycles. The highest BCUT2D eigenvalue weighted by atomic mass is 14.8. The van der Waals surface area contributed by atoms with Gasteiger partial charge in [0.25, 0.3) is 0 Å². The van der Waals surface area contributed by atoms with Crippen LogP contribution in [-0.2, 0) is 0 Å². The van der Waals surface area contributed by atoms with Gasteiger partial charge in [0.2, 0.25) is 0 Å². The molecule has 0 saturated heterocycles. The van der Waals surface area contributed by atoms with Crippen molar-refractivity contribution >= 4 is 0 Å². The molecule has 0 radical (unpaired) electrons. The van der Waals surface area contributed by atoms with Crippen molar-refractivity contribution in [3.63, 3.8) is 0 Å². The first-order valence-corrected chi connectivity index (χ1v) is 5.06. The Labute approximate surface area is 69.6 Å². The predicted molar refractivity (Wildman–Crippen MR) is 47.5 cm³/mol. The van der Waals surface area contributed by atoms with E-state index in [9.17, 15) is 0 Å². The van der Waals surface area contributed by atoms with Gasteiger partial charge < -0.3 is 5.32 Å². The summed E-state index contributed by atoms with van der Waals surface area (Å²) in [5, 5.41) is 3.34. The van der Waals surface area contributed by atoms with Gasteiger partial charge in [0.1, 0.15) is 0 Å². The lowest BCUT2D eigenvalue weighted by Gasteiger charge is -2.34. The van der Waals surface area contributed by atoms with Gasteiger partial charge in [-0.2, -0.15) is 0 Å². The van der Waals surface area contributed by atoms with E-state index in [0.717, 1.165) is 17.8 Å². The minimum absolute atomic E-state index is 1.04. The van der Waals surface area contributed by atoms with Crippen LogP contribution in [0.15, 0.2) is 0 Å². The molecule has 0 aliphatic heterocycles. The Morgan fingerprint density at radius 1 is 1.18 bits per heavy atom. The van der Waals surface area contributed by atoms with Crippen LogP contribution in [0.5, 0.6) is 0 Å². The molecule has 0 aromatic rings. The largest absolute Gasteiger partial charge is 0.319 e. The summed E-state index contributed by atoms with van der Waals surface area (Å²) >= 11 is 0. The molecular weight excluding hydrogens is 134 g/mol. The van der Waals surface area contributed by atoms with Gasteiger partial charge in [0.15, 0.2) is 0 Å². The van der Waals surface area contributed by atoms with Crippen LogP contribution in [-0.4, -0.2) is 13.6 Å². The summed E-state index contributed by atoms with van der Waals surface area (Å²) in [5.74, 6) is 3.23. The summed E-state index contributed by atoms with van der Waals surface area (Å²) in [6, 6.07) is 0. The number of hydrogen-bond acceptors (Lipinski definition) is 1. The van der Waals surface area contributed by atoms with Crippen LogP contribution in [0.2, 0.25) is 0 Å². The molecule has 11 heavy (non-hydrogen) atoms. The second kappa shape index (κ2) is 3.14. The third-order valence-electron chi connectivity index (χ3n) is 3.42. The maximum atomic E-state index is 3.34. The van der Waals surface area contributed by atoms with Crippen molar-refractivity contribution in [1.29, 1.82) is 0 Å². The van der Waals surface area contributed by atoms with Crippen LogP contribution in [0, 0.1) is 17.8 Å². The summed E-state index contributed by atoms with van der Waals surface area (Å²) in [5.41, 5.74) is 0. The van der Waals surface area contributed by atoms with Gasteiger partial charge in [-0.15, -0.1) is 0 Å². The molecule has 0 amide bonds. The lowest BCUT2D eigenvalue weighted by atomic mass is 9.74. The van der Waals surface area contributed by atoms with Gasteiger partial charge in [-0.3, -0.25) is 0 Å². The quantitative estimate of drug-likeness (QED) is 0.651. The average molecular weight is 153 g/mol. The zero-order valence-corrected chi connectivity index (χ0v) is 7.47. The fourth-order valence-electron chi connectivity index (χ4n) is 2.35. The first kappa shape index (κ1) is 7.60. The number of hydrogen-bond donors (Lipinski definition) is 1. The highest BCUT2D eigenvalue weighted by molar-refractivity contribution is 4.89. The van der Waals surface area contributed by atoms with E-state index in [4.69, 9.17) is 0 Å². The van der Waals surface area contributed by atoms with Gasteiger partial charge in [-0.25, -0.2) is 0 Å². The first-order chi connectivity index (χ1) is 5.42. The molecule has 2 fully saturated rings. The molecule has 1 nitrogen and oxygen atoms in total. The first-order valence-electron chi connectivity index (χ1n) is 5.06. The highest BCUT2D eigenvalue weighted by Crippen LogP contribution is 2.46. The Hall–Kier alpha value is -0.0400. The lowest BCUT2D eigenvalue weighted by Crippen LogP contribution is -2.31. The Morgan fingerprint density at radius 3 is 2.18 bits per heavy atom. The van der Waals surface area contributed by atoms with E-state index >= 15 is 0 Å². The molecule has 2 aliphatic rings. The number of nitrogens with one attached hydrogen (secondary N) is 1. The molecule has 0 spiro atoms. The van der Waals surface area contributed by atoms with Crippen LogP contribution in [0.25, 0.3) is 0 Å². The summed E-state index contributed by atoms with van der Waals surface area (Å²) < 4.78 is 0. The fraction of sp³-hybridized carbons (Fsp3) is 1.00. The van der Waals surface area contributed by atoms with Gasteiger partial charge in [-0.05, 0) is 44.2 Å². The smallest absolute Gasteiger partial charge is 0.00182 e. The van der Waals surface area contributed by atoms with Crippen LogP contribution in [0.4, 0.5) is 0 Å². The fourth-order valence-corrected chi connectivity index (χ4v) is 2.35. The minimum atomic E-state index is 1.04. The van der Waals surface area contributed by atoms with Crippen molar-refractivity contribution in [3.8, 4) is 0 Å². The van der Waals surface area contributed by atoms with Crippen molar-refractivity contribution in [2.45, 2.75) is 32.1 Å². The lowest BCUT2D eigenvalue weighted by molar-refractivity contribution is 0.182. The topological polar surface area (TPSA) is 12.0 Å². The second-order valence-electron chi connectivity index (χ2n) is 4.25. The van der Waals surface area contributed by atoms with Crippen LogP contribution in [0.1, 0.15) is 32.1 Å². The predicted octanol–water partition coefficient (Wildman–Crippen LogP) is 2.03. The van der Waals surface area contributed by atoms with Crippen molar-refractivity contribution in [1.82, 2.24) is 5.32 Å². The van der Waals surface area contributed by atoms with Crippen molar-refractivity contribution in [2.75, 3.05) is 13.6 Å². The van der Waals surface area contributed by atoms with Crippen molar-refractivity contribution in [2.24, 2.45) is 17.8 Å². The molecule has 1 N–H and O–H groups in total. The minimum Gasteiger partial charge on any atom is -0.319 e. The number of rotatable bonds is 4. The van der Waals surface area contributed by atoms with Gasteiger partial charge in [0, 0.05) is 0 Å². The van der Waals surface area contributed by atoms with E-state index < -0.39 is 0 Å². The summed E-state index contributed by atoms with van der Waals surface area (Å²) in [6.07, 6.45) is 7.56. The summed E-state index contributed by atoms with van der Waals surface area (Å²) in [6.45, 7) is 1.27. The molecule has 0 heterocycles. The summed E-state index contributed by atoms with van der Waals surface area (Å²) in [7, 11) is 2.09. The average Bonchev–Trinajstić information content (AvgIpc) is 2.63. The molecule has 1 atom stereocenters. The molecular formula is C10H19N. The van der Waals surface area contributed by atoms with E-state index in [0.29, 0.717) is 0 Å². The third kappa shape index (κ3) is 1.58. The van der Waals surface area contributed by atoms with Crippen molar-refractivity contribution in [3.05, 3.63) is 0 Å². The zero-order valence-electron chi connectivity index (χ0n) is 7.47. The maximum absolute atomic E-state index is 3.34. The van der Waals surface area contributed by atoms with Crippen LogP contribution >= 0.6 is 0 Å². The zero-order chi connectivity index (χ0) is 7.68. The standard InChI is InChI=1S/C10H19N/c1-11-7-10(9-5-6-9)8-3-2-4-8/h8-11H,2-7H2,1H3. The van der Waals surface area contributed by atoms with Crippen LogP contribution in [0.3, 0.4) is 0 Å². The van der Waals surface area contributed by atoms with Gasteiger partial charge in [-0.1, -0.05) is 19.3 Å². The third-order valence-corrected chi connectivity index (χ3v) is 3.42. The molecule has 2 rings (SSSR count). The van der Waals surface area contributed by atoms with E-state index in [1.807, 2.05) is 0 Å². The maximum Gasteiger partial charge on any atom is -0.00182 e. The Bertz CT molecular complexity index is 125. The monoisotopic (exact) mass is 153 g/mol. The van der Waals surface area contributed by atoms with Gasteiger partial charge >= 0.3 is 0 Å². The van der Waals surface area contributed by atoms with Crippen molar-refractivity contribution < 1.29 is 0 Å². The van der Waals surface area contributed by atoms with E-state index in [2.05, 4.69) is 12.4 Å². The van der Waals surface area contributed by atoms with Gasteiger partial charge in [0.05, 0.1) is 0 Å². The molecule has 0 aromatic carbocycles. The molecule has 2 aliphatic carbocycles. The summed E-state index contributed by atoms with van der Waals surface area (Å²) in [4.78, 5) is 0. The Morgan fingerprint density at radius 2 is 1.82 bits per heavy atom. The molecule has 64 valence electrons. The Balaban J connectivity index is 1.81. The highest BCUT2D eigenvalue weighted by Gasteiger charge is 2.37.